The Morgan fingerprint density at radius 3 is 2.95 bits per heavy atom. The van der Waals surface area contributed by atoms with Gasteiger partial charge in [0.15, 0.2) is 5.78 Å². The second kappa shape index (κ2) is 6.66. The number of hydrogen-bond acceptors (Lipinski definition) is 2. The van der Waals surface area contributed by atoms with E-state index in [0.717, 1.165) is 30.1 Å². The molecule has 22 heavy (non-hydrogen) atoms. The highest BCUT2D eigenvalue weighted by molar-refractivity contribution is 6.01. The van der Waals surface area contributed by atoms with Crippen LogP contribution < -0.4 is 0 Å². The largest absolute Gasteiger partial charge is 0.352 e. The molecule has 0 amide bonds. The lowest BCUT2D eigenvalue weighted by Gasteiger charge is -2.32. The predicted molar refractivity (Wildman–Crippen MR) is 91.5 cm³/mol. The first-order chi connectivity index (χ1) is 10.7. The zero-order valence-electron chi connectivity index (χ0n) is 13.7. The number of carbonyl (C=O) groups is 1. The molecule has 1 aliphatic rings. The van der Waals surface area contributed by atoms with Gasteiger partial charge in [-0.25, -0.2) is 0 Å². The SMILES string of the molecule is CC[C@H]1CCCN(CCc2c(C(C)=O)[nH]c3ccccc23)C1. The Hall–Kier alpha value is -1.61. The van der Waals surface area contributed by atoms with E-state index in [-0.39, 0.29) is 5.78 Å². The maximum absolute atomic E-state index is 11.9. The van der Waals surface area contributed by atoms with Crippen LogP contribution in [0.3, 0.4) is 0 Å². The highest BCUT2D eigenvalue weighted by atomic mass is 16.1. The second-order valence-electron chi connectivity index (χ2n) is 6.55. The summed E-state index contributed by atoms with van der Waals surface area (Å²) >= 11 is 0. The number of Topliss-reactive ketones (excluding diaryl/α,β-unsaturated/α-hetero) is 1. The molecule has 0 radical (unpaired) electrons. The highest BCUT2D eigenvalue weighted by Crippen LogP contribution is 2.25. The van der Waals surface area contributed by atoms with Crippen LogP contribution in [0.5, 0.6) is 0 Å². The fourth-order valence-corrected chi connectivity index (χ4v) is 3.72. The van der Waals surface area contributed by atoms with Gasteiger partial charge in [-0.15, -0.1) is 0 Å². The first-order valence-corrected chi connectivity index (χ1v) is 8.52. The number of ketones is 1. The summed E-state index contributed by atoms with van der Waals surface area (Å²) in [7, 11) is 0. The number of para-hydroxylation sites is 1. The Labute approximate surface area is 132 Å². The third kappa shape index (κ3) is 3.09. The molecule has 0 unspecified atom stereocenters. The molecule has 1 atom stereocenters. The van der Waals surface area contributed by atoms with Gasteiger partial charge in [-0.2, -0.15) is 0 Å². The molecule has 1 fully saturated rings. The van der Waals surface area contributed by atoms with Gasteiger partial charge in [0.1, 0.15) is 0 Å². The van der Waals surface area contributed by atoms with Gasteiger partial charge in [0.2, 0.25) is 0 Å². The molecule has 3 nitrogen and oxygen atoms in total. The molecule has 0 aliphatic carbocycles. The number of benzene rings is 1. The first-order valence-electron chi connectivity index (χ1n) is 8.52. The van der Waals surface area contributed by atoms with Gasteiger partial charge >= 0.3 is 0 Å². The number of likely N-dealkylation sites (tertiary alicyclic amines) is 1. The van der Waals surface area contributed by atoms with Crippen molar-refractivity contribution < 1.29 is 4.79 Å². The van der Waals surface area contributed by atoms with Gasteiger partial charge < -0.3 is 9.88 Å². The minimum absolute atomic E-state index is 0.135. The number of nitrogens with zero attached hydrogens (tertiary/aromatic N) is 1. The van der Waals surface area contributed by atoms with E-state index in [1.807, 2.05) is 6.07 Å². The molecule has 0 bridgehead atoms. The molecule has 1 aromatic carbocycles. The van der Waals surface area contributed by atoms with Gasteiger partial charge in [0.25, 0.3) is 0 Å². The number of hydrogen-bond donors (Lipinski definition) is 1. The number of H-pyrrole nitrogens is 1. The van der Waals surface area contributed by atoms with Crippen molar-refractivity contribution in [3.63, 3.8) is 0 Å². The maximum atomic E-state index is 11.9. The monoisotopic (exact) mass is 298 g/mol. The standard InChI is InChI=1S/C19H26N2O/c1-3-15-7-6-11-21(13-15)12-10-17-16-8-4-5-9-18(16)20-19(17)14(2)22/h4-5,8-9,15,20H,3,6-7,10-13H2,1-2H3/t15-/m0/s1. The quantitative estimate of drug-likeness (QED) is 0.846. The van der Waals surface area contributed by atoms with Crippen LogP contribution in [-0.4, -0.2) is 35.3 Å². The lowest BCUT2D eigenvalue weighted by Crippen LogP contribution is -2.36. The van der Waals surface area contributed by atoms with E-state index in [4.69, 9.17) is 0 Å². The van der Waals surface area contributed by atoms with Crippen molar-refractivity contribution >= 4 is 16.7 Å². The van der Waals surface area contributed by atoms with Crippen molar-refractivity contribution in [3.05, 3.63) is 35.5 Å². The Kier molecular flexibility index (Phi) is 4.63. The number of aromatic amines is 1. The molecule has 1 N–H and O–H groups in total. The molecule has 118 valence electrons. The van der Waals surface area contributed by atoms with E-state index in [0.29, 0.717) is 0 Å². The molecule has 1 saturated heterocycles. The molecule has 1 aromatic heterocycles. The summed E-state index contributed by atoms with van der Waals surface area (Å²) in [6.45, 7) is 7.42. The molecule has 3 rings (SSSR count). The van der Waals surface area contributed by atoms with Crippen molar-refractivity contribution in [1.29, 1.82) is 0 Å². The van der Waals surface area contributed by atoms with Crippen LogP contribution >= 0.6 is 0 Å². The Morgan fingerprint density at radius 2 is 2.18 bits per heavy atom. The Morgan fingerprint density at radius 1 is 1.36 bits per heavy atom. The number of aromatic nitrogens is 1. The van der Waals surface area contributed by atoms with Gasteiger partial charge in [0, 0.05) is 30.9 Å². The summed E-state index contributed by atoms with van der Waals surface area (Å²) < 4.78 is 0. The van der Waals surface area contributed by atoms with E-state index < -0.39 is 0 Å². The third-order valence-electron chi connectivity index (χ3n) is 5.02. The predicted octanol–water partition coefficient (Wildman–Crippen LogP) is 4.04. The topological polar surface area (TPSA) is 36.1 Å². The van der Waals surface area contributed by atoms with Crippen molar-refractivity contribution in [1.82, 2.24) is 9.88 Å². The van der Waals surface area contributed by atoms with Gasteiger partial charge in [0.05, 0.1) is 5.69 Å². The number of rotatable bonds is 5. The van der Waals surface area contributed by atoms with Crippen LogP contribution in [0.1, 0.15) is 49.2 Å². The fraction of sp³-hybridized carbons (Fsp3) is 0.526. The van der Waals surface area contributed by atoms with Crippen molar-refractivity contribution in [2.24, 2.45) is 5.92 Å². The van der Waals surface area contributed by atoms with Gasteiger partial charge in [-0.05, 0) is 43.4 Å². The van der Waals surface area contributed by atoms with Crippen LogP contribution in [-0.2, 0) is 6.42 Å². The number of carbonyl (C=O) groups excluding carboxylic acids is 1. The number of fused-ring (bicyclic) bond motifs is 1. The average Bonchev–Trinajstić information content (AvgIpc) is 2.92. The Balaban J connectivity index is 1.78. The van der Waals surface area contributed by atoms with Crippen LogP contribution in [0.2, 0.25) is 0 Å². The third-order valence-corrected chi connectivity index (χ3v) is 5.02. The average molecular weight is 298 g/mol. The van der Waals surface area contributed by atoms with Crippen LogP contribution in [0, 0.1) is 5.92 Å². The minimum Gasteiger partial charge on any atom is -0.352 e. The number of piperidine rings is 1. The van der Waals surface area contributed by atoms with Crippen LogP contribution in [0.15, 0.2) is 24.3 Å². The highest BCUT2D eigenvalue weighted by Gasteiger charge is 2.20. The normalized spacial score (nSPS) is 19.6. The van der Waals surface area contributed by atoms with E-state index in [1.165, 1.54) is 43.3 Å². The van der Waals surface area contributed by atoms with Crippen molar-refractivity contribution in [2.75, 3.05) is 19.6 Å². The lowest BCUT2D eigenvalue weighted by atomic mass is 9.95. The number of nitrogens with one attached hydrogen (secondary N) is 1. The van der Waals surface area contributed by atoms with Gasteiger partial charge in [-0.1, -0.05) is 31.5 Å². The van der Waals surface area contributed by atoms with Crippen molar-refractivity contribution in [2.45, 2.75) is 39.5 Å². The first kappa shape index (κ1) is 15.3. The van der Waals surface area contributed by atoms with E-state index in [1.54, 1.807) is 6.92 Å². The molecule has 2 heterocycles. The lowest BCUT2D eigenvalue weighted by molar-refractivity contribution is 0.101. The summed E-state index contributed by atoms with van der Waals surface area (Å²) in [5.41, 5.74) is 3.07. The molecular formula is C19H26N2O. The van der Waals surface area contributed by atoms with Crippen molar-refractivity contribution in [3.8, 4) is 0 Å². The second-order valence-corrected chi connectivity index (χ2v) is 6.55. The van der Waals surface area contributed by atoms with E-state index >= 15 is 0 Å². The molecule has 2 aromatic rings. The van der Waals surface area contributed by atoms with Crippen LogP contribution in [0.25, 0.3) is 10.9 Å². The summed E-state index contributed by atoms with van der Waals surface area (Å²) in [6, 6.07) is 8.25. The summed E-state index contributed by atoms with van der Waals surface area (Å²) in [4.78, 5) is 17.8. The summed E-state index contributed by atoms with van der Waals surface area (Å²) in [5, 5.41) is 1.21. The summed E-state index contributed by atoms with van der Waals surface area (Å²) in [5.74, 6) is 0.986. The van der Waals surface area contributed by atoms with E-state index in [9.17, 15) is 4.79 Å². The zero-order valence-corrected chi connectivity index (χ0v) is 13.7. The van der Waals surface area contributed by atoms with Gasteiger partial charge in [-0.3, -0.25) is 4.79 Å². The molecule has 0 spiro atoms. The summed E-state index contributed by atoms with van der Waals surface area (Å²) in [6.07, 6.45) is 4.92. The smallest absolute Gasteiger partial charge is 0.176 e. The fourth-order valence-electron chi connectivity index (χ4n) is 3.72. The molecular weight excluding hydrogens is 272 g/mol. The Bertz CT molecular complexity index is 658. The van der Waals surface area contributed by atoms with E-state index in [2.05, 4.69) is 35.0 Å². The minimum atomic E-state index is 0.135. The van der Waals surface area contributed by atoms with Crippen LogP contribution in [0.4, 0.5) is 0 Å². The molecule has 1 aliphatic heterocycles. The zero-order chi connectivity index (χ0) is 15.5. The molecule has 0 saturated carbocycles. The molecule has 3 heteroatoms. The maximum Gasteiger partial charge on any atom is 0.176 e.